The van der Waals surface area contributed by atoms with Crippen molar-refractivity contribution >= 4 is 45.4 Å². The van der Waals surface area contributed by atoms with E-state index in [1.54, 1.807) is 25.3 Å². The molecule has 1 unspecified atom stereocenters. The Morgan fingerprint density at radius 3 is 2.68 bits per heavy atom. The molecule has 1 aliphatic heterocycles. The SMILES string of the molecule is CC(=O)C1CN(C(=O)c2ccc(Nc3snc(O)c3C(=N)NC(C)C)cn2)c2cnc(C)nc21. The Hall–Kier alpha value is -3.93. The van der Waals surface area contributed by atoms with E-state index in [0.29, 0.717) is 27.9 Å². The van der Waals surface area contributed by atoms with Crippen molar-refractivity contribution in [2.75, 3.05) is 16.8 Å². The molecule has 0 aromatic carbocycles. The average Bonchev–Trinajstić information content (AvgIpc) is 3.33. The zero-order valence-electron chi connectivity index (χ0n) is 19.1. The minimum Gasteiger partial charge on any atom is -0.492 e. The Kier molecular flexibility index (Phi) is 6.24. The number of amidine groups is 1. The highest BCUT2D eigenvalue weighted by atomic mass is 32.1. The summed E-state index contributed by atoms with van der Waals surface area (Å²) in [6.45, 7) is 7.20. The Labute approximate surface area is 200 Å². The standard InChI is InChI=1S/C22H24N8O3S/c1-10(2)26-19(23)17-20(32)29-34-21(17)28-13-5-6-15(25-7-13)22(33)30-9-14(11(3)31)18-16(30)8-24-12(4)27-18/h5-8,10,14,28H,9H2,1-4H3,(H2,23,26)(H,29,32). The number of carbonyl (C=O) groups excluding carboxylic acids is 2. The molecule has 176 valence electrons. The summed E-state index contributed by atoms with van der Waals surface area (Å²) < 4.78 is 3.92. The van der Waals surface area contributed by atoms with E-state index >= 15 is 0 Å². The van der Waals surface area contributed by atoms with Crippen molar-refractivity contribution < 1.29 is 14.7 Å². The molecule has 0 bridgehead atoms. The van der Waals surface area contributed by atoms with Gasteiger partial charge in [0.15, 0.2) is 0 Å². The maximum atomic E-state index is 13.2. The van der Waals surface area contributed by atoms with Gasteiger partial charge >= 0.3 is 0 Å². The molecule has 0 saturated carbocycles. The van der Waals surface area contributed by atoms with Crippen LogP contribution < -0.4 is 15.5 Å². The second-order valence-corrected chi connectivity index (χ2v) is 8.98. The quantitative estimate of drug-likeness (QED) is 0.307. The summed E-state index contributed by atoms with van der Waals surface area (Å²) in [5.74, 6) is -0.567. The number of amides is 1. The third-order valence-corrected chi connectivity index (χ3v) is 5.99. The van der Waals surface area contributed by atoms with Crippen LogP contribution in [0.2, 0.25) is 0 Å². The molecule has 4 rings (SSSR count). The number of carbonyl (C=O) groups is 2. The van der Waals surface area contributed by atoms with Crippen LogP contribution in [-0.2, 0) is 4.79 Å². The molecular weight excluding hydrogens is 456 g/mol. The van der Waals surface area contributed by atoms with Crippen LogP contribution in [0.4, 0.5) is 16.4 Å². The fourth-order valence-electron chi connectivity index (χ4n) is 3.64. The average molecular weight is 481 g/mol. The maximum Gasteiger partial charge on any atom is 0.276 e. The first-order valence-corrected chi connectivity index (χ1v) is 11.4. The summed E-state index contributed by atoms with van der Waals surface area (Å²) in [6, 6.07) is 3.25. The van der Waals surface area contributed by atoms with Gasteiger partial charge in [0.05, 0.1) is 35.4 Å². The van der Waals surface area contributed by atoms with Gasteiger partial charge in [0.2, 0.25) is 5.88 Å². The van der Waals surface area contributed by atoms with Gasteiger partial charge in [-0.15, -0.1) is 0 Å². The Morgan fingerprint density at radius 1 is 1.26 bits per heavy atom. The minimum absolute atomic E-state index is 0.0132. The number of nitrogens with zero attached hydrogens (tertiary/aromatic N) is 5. The Bertz CT molecular complexity index is 1270. The molecule has 12 heteroatoms. The van der Waals surface area contributed by atoms with Gasteiger partial charge in [-0.05, 0) is 51.4 Å². The predicted molar refractivity (Wildman–Crippen MR) is 128 cm³/mol. The molecule has 11 nitrogen and oxygen atoms in total. The number of aromatic hydroxyl groups is 1. The first-order valence-electron chi connectivity index (χ1n) is 10.6. The second kappa shape index (κ2) is 9.14. The van der Waals surface area contributed by atoms with Gasteiger partial charge in [-0.3, -0.25) is 15.0 Å². The van der Waals surface area contributed by atoms with E-state index < -0.39 is 5.92 Å². The summed E-state index contributed by atoms with van der Waals surface area (Å²) >= 11 is 1.01. The molecule has 0 spiro atoms. The van der Waals surface area contributed by atoms with E-state index in [-0.39, 0.29) is 47.3 Å². The highest BCUT2D eigenvalue weighted by Gasteiger charge is 2.37. The van der Waals surface area contributed by atoms with Crippen molar-refractivity contribution in [2.45, 2.75) is 39.7 Å². The molecule has 1 aliphatic rings. The summed E-state index contributed by atoms with van der Waals surface area (Å²) in [5, 5.41) is 24.8. The predicted octanol–water partition coefficient (Wildman–Crippen LogP) is 2.74. The van der Waals surface area contributed by atoms with Crippen LogP contribution in [0.25, 0.3) is 0 Å². The van der Waals surface area contributed by atoms with Crippen LogP contribution in [-0.4, -0.2) is 54.5 Å². The molecule has 34 heavy (non-hydrogen) atoms. The maximum absolute atomic E-state index is 13.2. The number of rotatable bonds is 6. The fraction of sp³-hybridized carbons (Fsp3) is 0.318. The summed E-state index contributed by atoms with van der Waals surface area (Å²) in [6.07, 6.45) is 3.05. The van der Waals surface area contributed by atoms with Gasteiger partial charge < -0.3 is 20.6 Å². The molecule has 0 saturated heterocycles. The third-order valence-electron chi connectivity index (χ3n) is 5.24. The van der Waals surface area contributed by atoms with E-state index in [1.165, 1.54) is 18.0 Å². The van der Waals surface area contributed by atoms with Crippen molar-refractivity contribution in [2.24, 2.45) is 0 Å². The lowest BCUT2D eigenvalue weighted by atomic mass is 10.0. The number of anilines is 3. The first-order chi connectivity index (χ1) is 16.2. The van der Waals surface area contributed by atoms with Gasteiger partial charge in [-0.2, -0.15) is 4.37 Å². The summed E-state index contributed by atoms with van der Waals surface area (Å²) in [7, 11) is 0. The Balaban J connectivity index is 1.54. The van der Waals surface area contributed by atoms with Gasteiger partial charge in [0, 0.05) is 12.6 Å². The zero-order chi connectivity index (χ0) is 24.6. The molecule has 3 aromatic rings. The second-order valence-electron chi connectivity index (χ2n) is 8.21. The normalized spacial score (nSPS) is 14.7. The molecule has 3 aromatic heterocycles. The van der Waals surface area contributed by atoms with Crippen molar-refractivity contribution in [3.05, 3.63) is 47.3 Å². The Morgan fingerprint density at radius 2 is 2.03 bits per heavy atom. The van der Waals surface area contributed by atoms with Crippen LogP contribution in [0.5, 0.6) is 5.88 Å². The first kappa shape index (κ1) is 23.2. The lowest BCUT2D eigenvalue weighted by molar-refractivity contribution is -0.118. The largest absolute Gasteiger partial charge is 0.492 e. The number of Topliss-reactive ketones (excluding diaryl/α,β-unsaturated/α-hetero) is 1. The molecular formula is C22H24N8O3S. The van der Waals surface area contributed by atoms with Gasteiger partial charge in [0.25, 0.3) is 5.91 Å². The topological polar surface area (TPSA) is 157 Å². The van der Waals surface area contributed by atoms with Gasteiger partial charge in [-0.1, -0.05) is 0 Å². The monoisotopic (exact) mass is 480 g/mol. The van der Waals surface area contributed by atoms with Crippen LogP contribution in [0.1, 0.15) is 54.3 Å². The zero-order valence-corrected chi connectivity index (χ0v) is 19.9. The van der Waals surface area contributed by atoms with Crippen LogP contribution in [0, 0.1) is 12.3 Å². The van der Waals surface area contributed by atoms with E-state index in [1.807, 2.05) is 13.8 Å². The van der Waals surface area contributed by atoms with Gasteiger partial charge in [-0.25, -0.2) is 15.0 Å². The van der Waals surface area contributed by atoms with Crippen molar-refractivity contribution in [1.82, 2.24) is 24.6 Å². The highest BCUT2D eigenvalue weighted by Crippen LogP contribution is 2.36. The number of aryl methyl sites for hydroxylation is 1. The minimum atomic E-state index is -0.492. The van der Waals surface area contributed by atoms with Crippen molar-refractivity contribution in [1.29, 1.82) is 5.41 Å². The number of fused-ring (bicyclic) bond motifs is 1. The van der Waals surface area contributed by atoms with E-state index in [2.05, 4.69) is 30.0 Å². The number of nitrogens with one attached hydrogen (secondary N) is 3. The van der Waals surface area contributed by atoms with E-state index in [4.69, 9.17) is 5.41 Å². The van der Waals surface area contributed by atoms with Gasteiger partial charge in [0.1, 0.15) is 33.7 Å². The molecule has 0 aliphatic carbocycles. The fourth-order valence-corrected chi connectivity index (χ4v) is 4.36. The summed E-state index contributed by atoms with van der Waals surface area (Å²) in [4.78, 5) is 39.6. The molecule has 4 heterocycles. The van der Waals surface area contributed by atoms with Crippen molar-refractivity contribution in [3.63, 3.8) is 0 Å². The molecule has 0 radical (unpaired) electrons. The number of hydrogen-bond donors (Lipinski definition) is 4. The van der Waals surface area contributed by atoms with Crippen molar-refractivity contribution in [3.8, 4) is 5.88 Å². The summed E-state index contributed by atoms with van der Waals surface area (Å²) in [5.41, 5.74) is 2.09. The molecule has 0 fully saturated rings. The lowest BCUT2D eigenvalue weighted by Crippen LogP contribution is -2.31. The smallest absolute Gasteiger partial charge is 0.276 e. The van der Waals surface area contributed by atoms with E-state index in [0.717, 1.165) is 11.5 Å². The number of hydrogen-bond acceptors (Lipinski definition) is 10. The van der Waals surface area contributed by atoms with Crippen LogP contribution >= 0.6 is 11.5 Å². The lowest BCUT2D eigenvalue weighted by Gasteiger charge is -2.17. The van der Waals surface area contributed by atoms with Crippen LogP contribution in [0.15, 0.2) is 24.5 Å². The number of ketones is 1. The molecule has 1 atom stereocenters. The highest BCUT2D eigenvalue weighted by molar-refractivity contribution is 7.11. The molecule has 4 N–H and O–H groups in total. The van der Waals surface area contributed by atoms with E-state index in [9.17, 15) is 14.7 Å². The number of pyridine rings is 1. The van der Waals surface area contributed by atoms with Crippen LogP contribution in [0.3, 0.4) is 0 Å². The number of aromatic nitrogens is 4. The molecule has 1 amide bonds. The third kappa shape index (κ3) is 4.44.